The molecule has 0 aliphatic heterocycles. The highest BCUT2D eigenvalue weighted by molar-refractivity contribution is 6.25. The molecule has 0 aliphatic rings. The van der Waals surface area contributed by atoms with Gasteiger partial charge in [0, 0.05) is 38.6 Å². The summed E-state index contributed by atoms with van der Waals surface area (Å²) in [7, 11) is 0. The summed E-state index contributed by atoms with van der Waals surface area (Å²) in [4.78, 5) is 33.6. The summed E-state index contributed by atoms with van der Waals surface area (Å²) in [5.41, 5.74) is 16.7. The first-order valence-electron chi connectivity index (χ1n) is 31.3. The second kappa shape index (κ2) is 23.1. The van der Waals surface area contributed by atoms with E-state index in [2.05, 4.69) is 287 Å². The van der Waals surface area contributed by atoms with Crippen LogP contribution in [-0.4, -0.2) is 34.6 Å². The minimum Gasteiger partial charge on any atom is -0.249 e. The van der Waals surface area contributed by atoms with Crippen molar-refractivity contribution in [1.82, 2.24) is 34.6 Å². The van der Waals surface area contributed by atoms with Crippen LogP contribution in [0.15, 0.2) is 243 Å². The van der Waals surface area contributed by atoms with Crippen LogP contribution in [0.2, 0.25) is 0 Å². The Morgan fingerprint density at radius 3 is 0.944 bits per heavy atom. The number of hydrogen-bond donors (Lipinski definition) is 0. The van der Waals surface area contributed by atoms with E-state index >= 15 is 0 Å². The number of anilines is 2. The highest BCUT2D eigenvalue weighted by Gasteiger charge is 2.37. The van der Waals surface area contributed by atoms with Gasteiger partial charge in [0.25, 0.3) is 0 Å². The fourth-order valence-electron chi connectivity index (χ4n) is 12.4. The number of nitrogens with zero attached hydrogens (tertiary/aromatic N) is 8. The molecule has 0 fully saturated rings. The van der Waals surface area contributed by atoms with Gasteiger partial charge in [0.05, 0.1) is 28.0 Å². The monoisotopic (exact) mass is 1170 g/mol. The summed E-state index contributed by atoms with van der Waals surface area (Å²) in [5.74, 6) is 3.34. The quantitative estimate of drug-likeness (QED) is 0.128. The summed E-state index contributed by atoms with van der Waals surface area (Å²) < 4.78 is 2.48. The largest absolute Gasteiger partial charge is 0.249 e. The third-order valence-electron chi connectivity index (χ3n) is 17.0. The van der Waals surface area contributed by atoms with Crippen molar-refractivity contribution in [3.8, 4) is 90.6 Å². The molecular weight excluding hydrogens is 1100 g/mol. The highest BCUT2D eigenvalue weighted by atomic mass is 15.6. The first-order valence-corrected chi connectivity index (χ1v) is 31.3. The van der Waals surface area contributed by atoms with Gasteiger partial charge in [0.1, 0.15) is 0 Å². The molecule has 3 aromatic heterocycles. The van der Waals surface area contributed by atoms with Crippen molar-refractivity contribution in [3.63, 3.8) is 0 Å². The van der Waals surface area contributed by atoms with Crippen LogP contribution in [0.3, 0.4) is 0 Å². The van der Waals surface area contributed by atoms with E-state index in [0.29, 0.717) is 34.9 Å². The molecule has 0 amide bonds. The molecule has 13 rings (SSSR count). The van der Waals surface area contributed by atoms with E-state index in [-0.39, 0.29) is 16.2 Å². The molecule has 0 atom stereocenters. The summed E-state index contributed by atoms with van der Waals surface area (Å²) in [6.07, 6.45) is 0. The number of hydrogen-bond acceptors (Lipinski definition) is 7. The van der Waals surface area contributed by atoms with Crippen molar-refractivity contribution in [3.05, 3.63) is 265 Å². The smallest absolute Gasteiger partial charge is 0.166 e. The van der Waals surface area contributed by atoms with E-state index in [0.717, 1.165) is 99.9 Å². The molecule has 0 saturated heterocycles. The van der Waals surface area contributed by atoms with Gasteiger partial charge in [0.15, 0.2) is 34.9 Å². The van der Waals surface area contributed by atoms with Gasteiger partial charge in [-0.25, -0.2) is 39.6 Å². The molecule has 444 valence electrons. The molecule has 0 spiro atoms. The van der Waals surface area contributed by atoms with Crippen molar-refractivity contribution in [2.75, 3.05) is 5.01 Å². The molecule has 0 bridgehead atoms. The molecule has 0 saturated carbocycles. The molecule has 8 heteroatoms. The Morgan fingerprint density at radius 2 is 0.600 bits per heavy atom. The van der Waals surface area contributed by atoms with Gasteiger partial charge in [-0.3, -0.25) is 0 Å². The highest BCUT2D eigenvalue weighted by Crippen LogP contribution is 2.55. The van der Waals surface area contributed by atoms with Crippen molar-refractivity contribution >= 4 is 33.2 Å². The van der Waals surface area contributed by atoms with E-state index < -0.39 is 5.41 Å². The van der Waals surface area contributed by atoms with Crippen molar-refractivity contribution in [2.24, 2.45) is 0 Å². The lowest BCUT2D eigenvalue weighted by molar-refractivity contribution is 0.590. The number of aromatic nitrogens is 7. The fraction of sp³-hybridized carbons (Fsp3) is 0.195. The second-order valence-corrected chi connectivity index (χ2v) is 27.7. The van der Waals surface area contributed by atoms with Gasteiger partial charge in [-0.15, -0.1) is 0 Å². The minimum atomic E-state index is -0.496. The van der Waals surface area contributed by atoms with Gasteiger partial charge in [-0.2, -0.15) is 0 Å². The molecule has 0 radical (unpaired) electrons. The molecule has 0 unspecified atom stereocenters. The van der Waals surface area contributed by atoms with Crippen LogP contribution >= 0.6 is 0 Å². The van der Waals surface area contributed by atoms with Crippen molar-refractivity contribution < 1.29 is 0 Å². The Bertz CT molecular complexity index is 4550. The topological polar surface area (TPSA) is 85.5 Å². The minimum absolute atomic E-state index is 0.121. The molecule has 13 aromatic rings. The van der Waals surface area contributed by atoms with E-state index in [1.54, 1.807) is 0 Å². The molecule has 0 aliphatic carbocycles. The molecular formula is C82H76N8. The third kappa shape index (κ3) is 11.3. The SMILES string of the molecule is CC(C)(C)c1ccc(N(c2ccc(C(C)(C)C)cc2)n2c3c(-c4nc(-c5ccccc5)nc(-c5ccccc5)n4)cc(C(C)(C)C)cc3c3c(-c4ccccc4)c(C(C)(C)C)c(-c4ccccc4)c(-c4nc(-c5ccccc5)nc(-c5ccccc5)n4)c32)cc1. The Morgan fingerprint density at radius 1 is 0.278 bits per heavy atom. The lowest BCUT2D eigenvalue weighted by atomic mass is 9.73. The lowest BCUT2D eigenvalue weighted by Gasteiger charge is -2.33. The summed E-state index contributed by atoms with van der Waals surface area (Å²) in [6, 6.07) is 86.2. The van der Waals surface area contributed by atoms with Crippen LogP contribution in [-0.2, 0) is 21.7 Å². The van der Waals surface area contributed by atoms with Crippen LogP contribution in [0.5, 0.6) is 0 Å². The summed E-state index contributed by atoms with van der Waals surface area (Å²) >= 11 is 0. The summed E-state index contributed by atoms with van der Waals surface area (Å²) in [5, 5.41) is 4.47. The maximum absolute atomic E-state index is 5.80. The first kappa shape index (κ1) is 58.8. The average Bonchev–Trinajstić information content (AvgIpc) is 1.49. The Hall–Kier alpha value is -10.2. The first-order chi connectivity index (χ1) is 43.2. The average molecular weight is 1170 g/mol. The van der Waals surface area contributed by atoms with Gasteiger partial charge in [0.2, 0.25) is 0 Å². The number of benzene rings is 10. The van der Waals surface area contributed by atoms with Crippen LogP contribution in [0.1, 0.15) is 105 Å². The second-order valence-electron chi connectivity index (χ2n) is 27.7. The van der Waals surface area contributed by atoms with Gasteiger partial charge in [-0.05, 0) is 103 Å². The zero-order valence-electron chi connectivity index (χ0n) is 53.7. The van der Waals surface area contributed by atoms with E-state index in [1.165, 1.54) is 11.1 Å². The maximum Gasteiger partial charge on any atom is 0.166 e. The molecule has 90 heavy (non-hydrogen) atoms. The molecule has 0 N–H and O–H groups in total. The van der Waals surface area contributed by atoms with Gasteiger partial charge >= 0.3 is 0 Å². The Balaban J connectivity index is 1.36. The van der Waals surface area contributed by atoms with Crippen LogP contribution in [0.4, 0.5) is 11.4 Å². The summed E-state index contributed by atoms with van der Waals surface area (Å²) in [6.45, 7) is 27.6. The zero-order valence-corrected chi connectivity index (χ0v) is 53.7. The van der Waals surface area contributed by atoms with Gasteiger partial charge < -0.3 is 0 Å². The maximum atomic E-state index is 5.80. The Labute approximate surface area is 530 Å². The number of rotatable bonds is 11. The van der Waals surface area contributed by atoms with Crippen molar-refractivity contribution in [2.45, 2.75) is 105 Å². The van der Waals surface area contributed by atoms with Crippen LogP contribution in [0.25, 0.3) is 112 Å². The van der Waals surface area contributed by atoms with Gasteiger partial charge in [-0.1, -0.05) is 289 Å². The van der Waals surface area contributed by atoms with Crippen LogP contribution < -0.4 is 5.01 Å². The molecule has 3 heterocycles. The molecule has 8 nitrogen and oxygen atoms in total. The van der Waals surface area contributed by atoms with E-state index in [1.807, 2.05) is 48.5 Å². The Kier molecular flexibility index (Phi) is 15.1. The van der Waals surface area contributed by atoms with Crippen LogP contribution in [0, 0.1) is 0 Å². The standard InChI is InChI=1S/C82H76N8/c1-79(2,3)59-43-47-62(48-44-59)89(63-49-45-60(46-50-63)80(4,5)6)90-71-64(51-61(81(7,8)9)52-65(71)77-85-73(55-35-23-15-24-36-55)83-74(86-77)56-37-25-16-26-38-56)68-66(53-31-19-13-20-32-53)70(82(10,11)12)67(54-33-21-14-22-34-54)69(72(68)90)78-87-75(57-39-27-17-28-40-57)84-76(88-78)58-41-29-18-30-42-58/h13-52H,1-12H3. The zero-order chi connectivity index (χ0) is 62.7. The lowest BCUT2D eigenvalue weighted by Crippen LogP contribution is -2.26. The fourth-order valence-corrected chi connectivity index (χ4v) is 12.4. The predicted molar refractivity (Wildman–Crippen MR) is 375 cm³/mol. The van der Waals surface area contributed by atoms with Crippen molar-refractivity contribution in [1.29, 1.82) is 0 Å². The van der Waals surface area contributed by atoms with E-state index in [4.69, 9.17) is 29.9 Å². The number of fused-ring (bicyclic) bond motifs is 3. The normalized spacial score (nSPS) is 12.2. The third-order valence-corrected chi connectivity index (χ3v) is 17.0. The predicted octanol–water partition coefficient (Wildman–Crippen LogP) is 21.3. The van der Waals surface area contributed by atoms with E-state index in [9.17, 15) is 0 Å². The molecule has 10 aromatic carbocycles.